The van der Waals surface area contributed by atoms with Gasteiger partial charge in [-0.1, -0.05) is 22.9 Å². The molecule has 1 aromatic rings. The molecule has 3 heteroatoms. The highest BCUT2D eigenvalue weighted by molar-refractivity contribution is 9.10. The van der Waals surface area contributed by atoms with E-state index in [-0.39, 0.29) is 0 Å². The standard InChI is InChI=1S/C12H16Br2O/c1-8-2-4-11(13)9(6-8)7-10-3-5-12(14)15-10/h3,5,8-9,11H,2,4,6-7H2,1H3. The average molecular weight is 336 g/mol. The van der Waals surface area contributed by atoms with Crippen LogP contribution in [0.15, 0.2) is 21.2 Å². The first kappa shape index (κ1) is 11.7. The van der Waals surface area contributed by atoms with Gasteiger partial charge in [0.05, 0.1) is 0 Å². The van der Waals surface area contributed by atoms with Gasteiger partial charge in [-0.2, -0.15) is 0 Å². The van der Waals surface area contributed by atoms with Crippen LogP contribution in [0.2, 0.25) is 0 Å². The van der Waals surface area contributed by atoms with Gasteiger partial charge in [-0.3, -0.25) is 0 Å². The SMILES string of the molecule is CC1CCC(Br)C(Cc2ccc(Br)o2)C1. The fourth-order valence-corrected chi connectivity index (χ4v) is 3.40. The molecule has 1 nitrogen and oxygen atoms in total. The predicted molar refractivity (Wildman–Crippen MR) is 69.3 cm³/mol. The Hall–Kier alpha value is 0.240. The van der Waals surface area contributed by atoms with Crippen LogP contribution in [0, 0.1) is 11.8 Å². The van der Waals surface area contributed by atoms with Crippen LogP contribution < -0.4 is 0 Å². The normalized spacial score (nSPS) is 31.8. The highest BCUT2D eigenvalue weighted by Crippen LogP contribution is 2.36. The molecule has 1 aromatic heterocycles. The third-order valence-electron chi connectivity index (χ3n) is 3.24. The molecule has 84 valence electrons. The lowest BCUT2D eigenvalue weighted by Gasteiger charge is -2.30. The summed E-state index contributed by atoms with van der Waals surface area (Å²) in [4.78, 5) is 0.664. The molecule has 3 atom stereocenters. The lowest BCUT2D eigenvalue weighted by molar-refractivity contribution is 0.281. The Morgan fingerprint density at radius 1 is 1.40 bits per heavy atom. The zero-order chi connectivity index (χ0) is 10.8. The van der Waals surface area contributed by atoms with Crippen molar-refractivity contribution in [2.24, 2.45) is 11.8 Å². The molecule has 1 aliphatic carbocycles. The molecule has 0 aliphatic heterocycles. The Morgan fingerprint density at radius 3 is 2.87 bits per heavy atom. The van der Waals surface area contributed by atoms with Crippen molar-refractivity contribution in [3.63, 3.8) is 0 Å². The van der Waals surface area contributed by atoms with E-state index in [1.807, 2.05) is 6.07 Å². The second-order valence-electron chi connectivity index (χ2n) is 4.60. The molecule has 1 heterocycles. The predicted octanol–water partition coefficient (Wildman–Crippen LogP) is 4.78. The van der Waals surface area contributed by atoms with Crippen LogP contribution in [0.3, 0.4) is 0 Å². The summed E-state index contributed by atoms with van der Waals surface area (Å²) in [5.41, 5.74) is 0. The van der Waals surface area contributed by atoms with E-state index < -0.39 is 0 Å². The van der Waals surface area contributed by atoms with Crippen molar-refractivity contribution in [3.05, 3.63) is 22.6 Å². The molecule has 1 aliphatic rings. The zero-order valence-electron chi connectivity index (χ0n) is 8.88. The quantitative estimate of drug-likeness (QED) is 0.708. The van der Waals surface area contributed by atoms with Crippen LogP contribution >= 0.6 is 31.9 Å². The topological polar surface area (TPSA) is 13.1 Å². The zero-order valence-corrected chi connectivity index (χ0v) is 12.1. The molecule has 1 fully saturated rings. The van der Waals surface area contributed by atoms with E-state index in [4.69, 9.17) is 4.42 Å². The summed E-state index contributed by atoms with van der Waals surface area (Å²) in [7, 11) is 0. The number of alkyl halides is 1. The first-order valence-corrected chi connectivity index (χ1v) is 7.24. The van der Waals surface area contributed by atoms with Gasteiger partial charge in [0.25, 0.3) is 0 Å². The largest absolute Gasteiger partial charge is 0.454 e. The van der Waals surface area contributed by atoms with Gasteiger partial charge in [0, 0.05) is 11.2 Å². The van der Waals surface area contributed by atoms with E-state index in [1.165, 1.54) is 19.3 Å². The molecule has 1 saturated carbocycles. The van der Waals surface area contributed by atoms with E-state index in [2.05, 4.69) is 44.8 Å². The highest BCUT2D eigenvalue weighted by Gasteiger charge is 2.27. The third-order valence-corrected chi connectivity index (χ3v) is 4.88. The second kappa shape index (κ2) is 5.05. The first-order valence-electron chi connectivity index (χ1n) is 5.53. The lowest BCUT2D eigenvalue weighted by Crippen LogP contribution is -2.25. The minimum absolute atomic E-state index is 0.664. The van der Waals surface area contributed by atoms with Crippen LogP contribution in [0.1, 0.15) is 31.9 Å². The molecule has 2 rings (SSSR count). The summed E-state index contributed by atoms with van der Waals surface area (Å²) < 4.78 is 6.41. The Morgan fingerprint density at radius 2 is 2.20 bits per heavy atom. The monoisotopic (exact) mass is 334 g/mol. The summed E-state index contributed by atoms with van der Waals surface area (Å²) in [5, 5.41) is 0. The fourth-order valence-electron chi connectivity index (χ4n) is 2.39. The van der Waals surface area contributed by atoms with Crippen molar-refractivity contribution in [2.45, 2.75) is 37.4 Å². The summed E-state index contributed by atoms with van der Waals surface area (Å²) in [6.45, 7) is 2.35. The van der Waals surface area contributed by atoms with Crippen molar-refractivity contribution < 1.29 is 4.42 Å². The van der Waals surface area contributed by atoms with Crippen LogP contribution in [0.4, 0.5) is 0 Å². The smallest absolute Gasteiger partial charge is 0.169 e. The van der Waals surface area contributed by atoms with Crippen molar-refractivity contribution in [2.75, 3.05) is 0 Å². The van der Waals surface area contributed by atoms with Crippen molar-refractivity contribution in [3.8, 4) is 0 Å². The summed E-state index contributed by atoms with van der Waals surface area (Å²) in [5.74, 6) is 2.69. The maximum Gasteiger partial charge on any atom is 0.169 e. The van der Waals surface area contributed by atoms with Gasteiger partial charge in [-0.05, 0) is 59.2 Å². The highest BCUT2D eigenvalue weighted by atomic mass is 79.9. The van der Waals surface area contributed by atoms with E-state index in [9.17, 15) is 0 Å². The molecule has 0 bridgehead atoms. The van der Waals surface area contributed by atoms with Gasteiger partial charge in [-0.15, -0.1) is 0 Å². The van der Waals surface area contributed by atoms with Gasteiger partial charge in [0.15, 0.2) is 4.67 Å². The van der Waals surface area contributed by atoms with Crippen LogP contribution in [-0.2, 0) is 6.42 Å². The molecular weight excluding hydrogens is 320 g/mol. The van der Waals surface area contributed by atoms with Gasteiger partial charge in [0.2, 0.25) is 0 Å². The van der Waals surface area contributed by atoms with Crippen LogP contribution in [0.25, 0.3) is 0 Å². The Labute approximate surface area is 108 Å². The number of rotatable bonds is 2. The van der Waals surface area contributed by atoms with Gasteiger partial charge in [0.1, 0.15) is 5.76 Å². The third kappa shape index (κ3) is 3.10. The molecule has 0 saturated heterocycles. The number of hydrogen-bond donors (Lipinski definition) is 0. The maximum atomic E-state index is 5.57. The van der Waals surface area contributed by atoms with Crippen molar-refractivity contribution in [1.29, 1.82) is 0 Å². The Bertz CT molecular complexity index is 321. The number of halogens is 2. The molecule has 3 unspecified atom stereocenters. The van der Waals surface area contributed by atoms with Gasteiger partial charge >= 0.3 is 0 Å². The lowest BCUT2D eigenvalue weighted by atomic mass is 9.80. The second-order valence-corrected chi connectivity index (χ2v) is 6.56. The number of furan rings is 1. The van der Waals surface area contributed by atoms with Gasteiger partial charge < -0.3 is 4.42 Å². The van der Waals surface area contributed by atoms with Crippen LogP contribution in [0.5, 0.6) is 0 Å². The van der Waals surface area contributed by atoms with Crippen molar-refractivity contribution in [1.82, 2.24) is 0 Å². The summed E-state index contributed by atoms with van der Waals surface area (Å²) in [6, 6.07) is 4.05. The van der Waals surface area contributed by atoms with Crippen molar-refractivity contribution >= 4 is 31.9 Å². The summed E-state index contributed by atoms with van der Waals surface area (Å²) >= 11 is 7.14. The number of hydrogen-bond acceptors (Lipinski definition) is 1. The van der Waals surface area contributed by atoms with E-state index in [0.717, 1.165) is 28.7 Å². The molecule has 0 aromatic carbocycles. The molecule has 0 amide bonds. The van der Waals surface area contributed by atoms with Gasteiger partial charge in [-0.25, -0.2) is 0 Å². The minimum atomic E-state index is 0.664. The van der Waals surface area contributed by atoms with E-state index in [0.29, 0.717) is 4.83 Å². The maximum absolute atomic E-state index is 5.57. The molecule has 0 spiro atoms. The fraction of sp³-hybridized carbons (Fsp3) is 0.667. The molecule has 0 N–H and O–H groups in total. The molecular formula is C12H16Br2O. The Kier molecular flexibility index (Phi) is 3.94. The molecule has 0 radical (unpaired) electrons. The first-order chi connectivity index (χ1) is 7.15. The Balaban J connectivity index is 1.98. The summed E-state index contributed by atoms with van der Waals surface area (Å²) in [6.07, 6.45) is 5.03. The average Bonchev–Trinajstić information content (AvgIpc) is 2.58. The molecule has 15 heavy (non-hydrogen) atoms. The van der Waals surface area contributed by atoms with Crippen LogP contribution in [-0.4, -0.2) is 4.83 Å². The van der Waals surface area contributed by atoms with E-state index >= 15 is 0 Å². The van der Waals surface area contributed by atoms with E-state index in [1.54, 1.807) is 0 Å². The minimum Gasteiger partial charge on any atom is -0.454 e.